The minimum absolute atomic E-state index is 0.121. The molecular formula is C27H34ClN5. The number of halogens is 1. The van der Waals surface area contributed by atoms with Crippen LogP contribution in [0, 0.1) is 0 Å². The average Bonchev–Trinajstić information content (AvgIpc) is 3.02. The molecule has 0 amide bonds. The molecule has 0 aliphatic carbocycles. The van der Waals surface area contributed by atoms with Crippen molar-refractivity contribution < 1.29 is 0 Å². The molecule has 0 bridgehead atoms. The van der Waals surface area contributed by atoms with Gasteiger partial charge in [0.25, 0.3) is 0 Å². The second-order valence-electron chi connectivity index (χ2n) is 8.88. The molecule has 0 radical (unpaired) electrons. The second kappa shape index (κ2) is 11.0. The summed E-state index contributed by atoms with van der Waals surface area (Å²) in [5.74, 6) is 5.64. The number of anilines is 1. The first-order chi connectivity index (χ1) is 16.1. The maximum Gasteiger partial charge on any atom is 0.0879 e. The summed E-state index contributed by atoms with van der Waals surface area (Å²) in [6.45, 7) is 8.23. The van der Waals surface area contributed by atoms with Crippen LogP contribution >= 0.6 is 11.6 Å². The minimum atomic E-state index is 0.121. The standard InChI is InChI=1S/C27H34ClN5/c1-3-4-14-33-15-11-20(12-16-33)21-8-9-24-25(17-21)26(10-13-30-27(24)19(2)32-29)31-23-7-5-6-22(28)18-23/h5-9,11,17-18,26,31H,3-4,10,12-16,29H2,1-2H3. The Hall–Kier alpha value is -2.63. The summed E-state index contributed by atoms with van der Waals surface area (Å²) in [4.78, 5) is 7.39. The molecule has 0 saturated carbocycles. The normalized spacial score (nSPS) is 19.4. The van der Waals surface area contributed by atoms with Crippen molar-refractivity contribution in [3.05, 3.63) is 70.3 Å². The third-order valence-electron chi connectivity index (χ3n) is 6.56. The number of benzene rings is 2. The quantitative estimate of drug-likeness (QED) is 0.304. The van der Waals surface area contributed by atoms with Crippen LogP contribution in [0.2, 0.25) is 5.02 Å². The Kier molecular flexibility index (Phi) is 7.84. The van der Waals surface area contributed by atoms with Gasteiger partial charge in [-0.05, 0) is 73.7 Å². The smallest absolute Gasteiger partial charge is 0.0879 e. The monoisotopic (exact) mass is 463 g/mol. The SMILES string of the molecule is CCCCN1CC=C(c2ccc3c(c2)C(Nc2cccc(Cl)c2)CCN=C3C(C)=NN)CC1. The summed E-state index contributed by atoms with van der Waals surface area (Å²) in [6.07, 6.45) is 6.88. The lowest BCUT2D eigenvalue weighted by Gasteiger charge is -2.27. The number of rotatable bonds is 7. The lowest BCUT2D eigenvalue weighted by atomic mass is 9.89. The third-order valence-corrected chi connectivity index (χ3v) is 6.80. The van der Waals surface area contributed by atoms with Gasteiger partial charge < -0.3 is 11.2 Å². The summed E-state index contributed by atoms with van der Waals surface area (Å²) < 4.78 is 0. The lowest BCUT2D eigenvalue weighted by Crippen LogP contribution is -2.29. The van der Waals surface area contributed by atoms with E-state index in [9.17, 15) is 0 Å². The Morgan fingerprint density at radius 3 is 2.88 bits per heavy atom. The first-order valence-corrected chi connectivity index (χ1v) is 12.3. The number of nitrogens with one attached hydrogen (secondary N) is 1. The fraction of sp³-hybridized carbons (Fsp3) is 0.407. The molecule has 2 heterocycles. The number of aliphatic imine (C=N–C) groups is 1. The van der Waals surface area contributed by atoms with Crippen LogP contribution in [-0.2, 0) is 0 Å². The van der Waals surface area contributed by atoms with E-state index in [0.29, 0.717) is 6.54 Å². The number of unbranched alkanes of at least 4 members (excludes halogenated alkanes) is 1. The van der Waals surface area contributed by atoms with Gasteiger partial charge in [-0.3, -0.25) is 9.89 Å². The summed E-state index contributed by atoms with van der Waals surface area (Å²) in [5, 5.41) is 8.38. The molecule has 1 atom stereocenters. The molecule has 2 aliphatic rings. The van der Waals surface area contributed by atoms with Gasteiger partial charge in [-0.1, -0.05) is 49.2 Å². The summed E-state index contributed by atoms with van der Waals surface area (Å²) in [7, 11) is 0. The number of hydrogen-bond acceptors (Lipinski definition) is 5. The molecule has 2 aromatic rings. The summed E-state index contributed by atoms with van der Waals surface area (Å²) in [6, 6.07) is 14.8. The molecule has 0 spiro atoms. The van der Waals surface area contributed by atoms with E-state index < -0.39 is 0 Å². The minimum Gasteiger partial charge on any atom is -0.378 e. The Morgan fingerprint density at radius 1 is 1.27 bits per heavy atom. The predicted molar refractivity (Wildman–Crippen MR) is 142 cm³/mol. The molecule has 2 aliphatic heterocycles. The molecule has 6 heteroatoms. The van der Waals surface area contributed by atoms with Crippen molar-refractivity contribution in [3.8, 4) is 0 Å². The van der Waals surface area contributed by atoms with Crippen molar-refractivity contribution in [2.75, 3.05) is 31.5 Å². The molecule has 0 aromatic heterocycles. The Labute approximate surface area is 202 Å². The van der Waals surface area contributed by atoms with E-state index in [-0.39, 0.29) is 6.04 Å². The molecule has 0 saturated heterocycles. The highest BCUT2D eigenvalue weighted by Gasteiger charge is 2.24. The fourth-order valence-electron chi connectivity index (χ4n) is 4.67. The van der Waals surface area contributed by atoms with Crippen LogP contribution in [0.3, 0.4) is 0 Å². The zero-order chi connectivity index (χ0) is 23.2. The van der Waals surface area contributed by atoms with Crippen molar-refractivity contribution in [2.45, 2.75) is 45.6 Å². The largest absolute Gasteiger partial charge is 0.378 e. The second-order valence-corrected chi connectivity index (χ2v) is 9.31. The number of fused-ring (bicyclic) bond motifs is 1. The van der Waals surface area contributed by atoms with E-state index in [1.165, 1.54) is 36.1 Å². The molecule has 174 valence electrons. The molecule has 4 rings (SSSR count). The van der Waals surface area contributed by atoms with Crippen molar-refractivity contribution >= 4 is 34.3 Å². The molecule has 1 unspecified atom stereocenters. The van der Waals surface area contributed by atoms with Crippen LogP contribution in [0.25, 0.3) is 5.57 Å². The van der Waals surface area contributed by atoms with Gasteiger partial charge in [0.05, 0.1) is 17.5 Å². The van der Waals surface area contributed by atoms with Gasteiger partial charge in [0.1, 0.15) is 0 Å². The molecular weight excluding hydrogens is 430 g/mol. The summed E-state index contributed by atoms with van der Waals surface area (Å²) in [5.41, 5.74) is 7.72. The fourth-order valence-corrected chi connectivity index (χ4v) is 4.86. The first kappa shape index (κ1) is 23.5. The van der Waals surface area contributed by atoms with Gasteiger partial charge in [0.2, 0.25) is 0 Å². The van der Waals surface area contributed by atoms with E-state index in [1.54, 1.807) is 0 Å². The van der Waals surface area contributed by atoms with Crippen molar-refractivity contribution in [1.82, 2.24) is 4.90 Å². The summed E-state index contributed by atoms with van der Waals surface area (Å²) >= 11 is 6.25. The van der Waals surface area contributed by atoms with Crippen LogP contribution in [0.15, 0.2) is 58.6 Å². The molecule has 2 aromatic carbocycles. The van der Waals surface area contributed by atoms with Crippen LogP contribution < -0.4 is 11.2 Å². The maximum atomic E-state index is 6.25. The van der Waals surface area contributed by atoms with Gasteiger partial charge in [-0.2, -0.15) is 5.10 Å². The Balaban J connectivity index is 1.67. The van der Waals surface area contributed by atoms with E-state index >= 15 is 0 Å². The zero-order valence-electron chi connectivity index (χ0n) is 19.6. The molecule has 5 nitrogen and oxygen atoms in total. The highest BCUT2D eigenvalue weighted by Crippen LogP contribution is 2.33. The van der Waals surface area contributed by atoms with Gasteiger partial charge in [-0.15, -0.1) is 0 Å². The topological polar surface area (TPSA) is 66.0 Å². The number of hydrogen-bond donors (Lipinski definition) is 2. The first-order valence-electron chi connectivity index (χ1n) is 12.0. The third kappa shape index (κ3) is 5.66. The Morgan fingerprint density at radius 2 is 2.15 bits per heavy atom. The average molecular weight is 464 g/mol. The maximum absolute atomic E-state index is 6.25. The van der Waals surface area contributed by atoms with Crippen molar-refractivity contribution in [2.24, 2.45) is 15.9 Å². The van der Waals surface area contributed by atoms with Crippen molar-refractivity contribution in [1.29, 1.82) is 0 Å². The van der Waals surface area contributed by atoms with Gasteiger partial charge in [0, 0.05) is 35.9 Å². The van der Waals surface area contributed by atoms with Crippen LogP contribution in [-0.4, -0.2) is 42.5 Å². The molecule has 0 fully saturated rings. The zero-order valence-corrected chi connectivity index (χ0v) is 20.4. The van der Waals surface area contributed by atoms with Gasteiger partial charge >= 0.3 is 0 Å². The van der Waals surface area contributed by atoms with E-state index in [4.69, 9.17) is 22.4 Å². The van der Waals surface area contributed by atoms with E-state index in [1.807, 2.05) is 25.1 Å². The molecule has 3 N–H and O–H groups in total. The lowest BCUT2D eigenvalue weighted by molar-refractivity contribution is 0.297. The predicted octanol–water partition coefficient (Wildman–Crippen LogP) is 5.91. The highest BCUT2D eigenvalue weighted by molar-refractivity contribution is 6.48. The van der Waals surface area contributed by atoms with Crippen LogP contribution in [0.4, 0.5) is 5.69 Å². The van der Waals surface area contributed by atoms with Crippen LogP contribution in [0.5, 0.6) is 0 Å². The van der Waals surface area contributed by atoms with Crippen LogP contribution in [0.1, 0.15) is 62.3 Å². The number of nitrogens with zero attached hydrogens (tertiary/aromatic N) is 3. The van der Waals surface area contributed by atoms with E-state index in [0.717, 1.165) is 53.6 Å². The highest BCUT2D eigenvalue weighted by atomic mass is 35.5. The van der Waals surface area contributed by atoms with Crippen molar-refractivity contribution in [3.63, 3.8) is 0 Å². The van der Waals surface area contributed by atoms with Gasteiger partial charge in [0.15, 0.2) is 0 Å². The van der Waals surface area contributed by atoms with Gasteiger partial charge in [-0.25, -0.2) is 0 Å². The van der Waals surface area contributed by atoms with E-state index in [2.05, 4.69) is 52.6 Å². The number of hydrazone groups is 1. The Bertz CT molecular complexity index is 1070. The number of nitrogens with two attached hydrogens (primary N) is 1. The molecule has 33 heavy (non-hydrogen) atoms.